The van der Waals surface area contributed by atoms with E-state index in [-0.39, 0.29) is 17.0 Å². The molecule has 0 aliphatic carbocycles. The Bertz CT molecular complexity index is 1480. The fourth-order valence-corrected chi connectivity index (χ4v) is 6.30. The third kappa shape index (κ3) is 6.32. The molecule has 0 aromatic heterocycles. The number of sulfone groups is 1. The summed E-state index contributed by atoms with van der Waals surface area (Å²) in [6, 6.07) is 22.1. The number of carbonyl (C=O) groups excluding carboxylic acids is 1. The van der Waals surface area contributed by atoms with Gasteiger partial charge in [0.2, 0.25) is 0 Å². The number of hydrogen-bond donors (Lipinski definition) is 2. The molecule has 1 atom stereocenters. The molecule has 1 heterocycles. The van der Waals surface area contributed by atoms with Gasteiger partial charge in [0.15, 0.2) is 9.84 Å². The number of fused-ring (bicyclic) bond motifs is 1. The molecule has 0 saturated heterocycles. The average molecular weight is 544 g/mol. The van der Waals surface area contributed by atoms with Gasteiger partial charge in [-0.15, -0.1) is 0 Å². The van der Waals surface area contributed by atoms with Crippen molar-refractivity contribution in [2.24, 2.45) is 0 Å². The van der Waals surface area contributed by atoms with Crippen molar-refractivity contribution >= 4 is 21.6 Å². The maximum absolute atomic E-state index is 13.7. The summed E-state index contributed by atoms with van der Waals surface area (Å²) in [4.78, 5) is 14.9. The highest BCUT2D eigenvalue weighted by Gasteiger charge is 2.38. The second-order valence-corrected chi connectivity index (χ2v) is 13.0. The zero-order valence-corrected chi connectivity index (χ0v) is 23.9. The number of rotatable bonds is 9. The van der Waals surface area contributed by atoms with Gasteiger partial charge in [0, 0.05) is 25.3 Å². The summed E-state index contributed by atoms with van der Waals surface area (Å²) < 4.78 is 26.4. The van der Waals surface area contributed by atoms with Crippen molar-refractivity contribution in [1.29, 1.82) is 0 Å². The van der Waals surface area contributed by atoms with Crippen molar-refractivity contribution in [2.75, 3.05) is 5.32 Å². The largest absolute Gasteiger partial charge is 0.331 e. The minimum Gasteiger partial charge on any atom is -0.331 e. The number of hydrogen-bond acceptors (Lipinski definition) is 4. The first-order valence-corrected chi connectivity index (χ1v) is 14.6. The third-order valence-corrected chi connectivity index (χ3v) is 9.79. The summed E-state index contributed by atoms with van der Waals surface area (Å²) in [5, 5.41) is 5.57. The Labute approximate surface area is 232 Å². The summed E-state index contributed by atoms with van der Waals surface area (Å²) in [6.45, 7) is 13.7. The number of nitrogens with one attached hydrogen (secondary N) is 2. The molecule has 2 N–H and O–H groups in total. The van der Waals surface area contributed by atoms with E-state index in [1.807, 2.05) is 56.3 Å². The summed E-state index contributed by atoms with van der Waals surface area (Å²) in [5.41, 5.74) is 5.72. The number of amides is 2. The van der Waals surface area contributed by atoms with Crippen LogP contribution in [-0.4, -0.2) is 25.4 Å². The lowest BCUT2D eigenvalue weighted by Gasteiger charge is -2.26. The van der Waals surface area contributed by atoms with Gasteiger partial charge in [0.05, 0.1) is 15.7 Å². The summed E-state index contributed by atoms with van der Waals surface area (Å²) in [6.07, 6.45) is 3.70. The van der Waals surface area contributed by atoms with Gasteiger partial charge in [-0.05, 0) is 79.8 Å². The van der Waals surface area contributed by atoms with Crippen LogP contribution in [0, 0.1) is 0 Å². The lowest BCUT2D eigenvalue weighted by molar-refractivity contribution is 0.250. The molecule has 4 rings (SSSR count). The Morgan fingerprint density at radius 1 is 1.03 bits per heavy atom. The molecule has 0 fully saturated rings. The molecule has 204 valence electrons. The zero-order valence-electron chi connectivity index (χ0n) is 23.1. The summed E-state index contributed by atoms with van der Waals surface area (Å²) in [7, 11) is -3.71. The minimum absolute atomic E-state index is 0.208. The number of anilines is 1. The molecule has 39 heavy (non-hydrogen) atoms. The molecule has 0 spiro atoms. The van der Waals surface area contributed by atoms with Crippen LogP contribution in [0.25, 0.3) is 0 Å². The van der Waals surface area contributed by atoms with E-state index in [4.69, 9.17) is 0 Å². The van der Waals surface area contributed by atoms with E-state index >= 15 is 0 Å². The van der Waals surface area contributed by atoms with Crippen molar-refractivity contribution in [3.05, 3.63) is 119 Å². The van der Waals surface area contributed by atoms with E-state index in [0.29, 0.717) is 5.69 Å². The molecular formula is C32H37N3O3S. The Hall–Kier alpha value is -3.68. The van der Waals surface area contributed by atoms with Gasteiger partial charge in [-0.2, -0.15) is 0 Å². The standard InChI is InChI=1S/C32H37N3O3S/c1-6-10-23(2)24(3)33-31(36)34-29-15-17-30(18-16-29)39(37,38)32(4,5)28-14-13-26-21-35(22-27(26)19-28)20-25-11-8-7-9-12-25/h6-19,24H,2,20-22H2,1,3-5H3,(H2,33,34,36)/b10-6-. The Kier molecular flexibility index (Phi) is 8.42. The lowest BCUT2D eigenvalue weighted by Crippen LogP contribution is -2.36. The van der Waals surface area contributed by atoms with Crippen LogP contribution in [0.2, 0.25) is 0 Å². The molecule has 0 radical (unpaired) electrons. The van der Waals surface area contributed by atoms with E-state index in [9.17, 15) is 13.2 Å². The summed E-state index contributed by atoms with van der Waals surface area (Å²) >= 11 is 0. The Balaban J connectivity index is 1.45. The highest BCUT2D eigenvalue weighted by Crippen LogP contribution is 2.37. The van der Waals surface area contributed by atoms with Gasteiger partial charge < -0.3 is 10.6 Å². The normalized spacial score (nSPS) is 14.7. The van der Waals surface area contributed by atoms with Crippen molar-refractivity contribution < 1.29 is 13.2 Å². The third-order valence-electron chi connectivity index (χ3n) is 7.32. The van der Waals surface area contributed by atoms with Crippen LogP contribution in [0.1, 0.15) is 49.9 Å². The molecular weight excluding hydrogens is 506 g/mol. The van der Waals surface area contributed by atoms with Crippen LogP contribution in [0.5, 0.6) is 0 Å². The number of carbonyl (C=O) groups is 1. The van der Waals surface area contributed by atoms with Gasteiger partial charge in [0.1, 0.15) is 0 Å². The SMILES string of the molecule is C=C(/C=C\C)C(C)NC(=O)Nc1ccc(S(=O)(=O)C(C)(C)c2ccc3c(c2)CN(Cc2ccccc2)C3)cc1. The molecule has 0 bridgehead atoms. The second-order valence-electron chi connectivity index (χ2n) is 10.5. The Morgan fingerprint density at radius 3 is 2.36 bits per heavy atom. The van der Waals surface area contributed by atoms with Crippen LogP contribution in [0.4, 0.5) is 10.5 Å². The van der Waals surface area contributed by atoms with Crippen molar-refractivity contribution in [3.8, 4) is 0 Å². The quantitative estimate of drug-likeness (QED) is 0.300. The Morgan fingerprint density at radius 2 is 1.69 bits per heavy atom. The molecule has 6 nitrogen and oxygen atoms in total. The van der Waals surface area contributed by atoms with Gasteiger partial charge in [-0.3, -0.25) is 4.90 Å². The fraction of sp³-hybridized carbons (Fsp3) is 0.281. The molecule has 1 aliphatic heterocycles. The average Bonchev–Trinajstić information content (AvgIpc) is 3.31. The van der Waals surface area contributed by atoms with Crippen molar-refractivity contribution in [1.82, 2.24) is 10.2 Å². The zero-order chi connectivity index (χ0) is 28.2. The molecule has 3 aromatic rings. The van der Waals surface area contributed by atoms with E-state index in [1.54, 1.807) is 38.1 Å². The number of urea groups is 1. The van der Waals surface area contributed by atoms with Crippen molar-refractivity contribution in [3.63, 3.8) is 0 Å². The first-order chi connectivity index (χ1) is 18.5. The van der Waals surface area contributed by atoms with E-state index in [1.165, 1.54) is 16.7 Å². The fourth-order valence-electron chi connectivity index (χ4n) is 4.78. The number of benzene rings is 3. The van der Waals surface area contributed by atoms with E-state index < -0.39 is 14.6 Å². The van der Waals surface area contributed by atoms with E-state index in [2.05, 4.69) is 40.3 Å². The van der Waals surface area contributed by atoms with Crippen LogP contribution >= 0.6 is 0 Å². The highest BCUT2D eigenvalue weighted by atomic mass is 32.2. The first kappa shape index (κ1) is 28.3. The molecule has 3 aromatic carbocycles. The van der Waals surface area contributed by atoms with Crippen molar-refractivity contribution in [2.45, 2.75) is 63.0 Å². The topological polar surface area (TPSA) is 78.5 Å². The van der Waals surface area contributed by atoms with Gasteiger partial charge in [-0.25, -0.2) is 13.2 Å². The number of allylic oxidation sites excluding steroid dienone is 1. The highest BCUT2D eigenvalue weighted by molar-refractivity contribution is 7.92. The van der Waals surface area contributed by atoms with Crippen LogP contribution in [0.15, 0.2) is 102 Å². The molecule has 1 unspecified atom stereocenters. The molecule has 7 heteroatoms. The predicted octanol–water partition coefficient (Wildman–Crippen LogP) is 6.55. The van der Waals surface area contributed by atoms with Gasteiger partial charge in [0.25, 0.3) is 0 Å². The van der Waals surface area contributed by atoms with Crippen LogP contribution in [-0.2, 0) is 34.2 Å². The summed E-state index contributed by atoms with van der Waals surface area (Å²) in [5.74, 6) is 0. The molecule has 0 saturated carbocycles. The van der Waals surface area contributed by atoms with Gasteiger partial charge in [-0.1, -0.05) is 67.3 Å². The monoisotopic (exact) mass is 543 g/mol. The van der Waals surface area contributed by atoms with Crippen LogP contribution < -0.4 is 10.6 Å². The first-order valence-electron chi connectivity index (χ1n) is 13.1. The maximum atomic E-state index is 13.7. The maximum Gasteiger partial charge on any atom is 0.319 e. The molecule has 1 aliphatic rings. The second kappa shape index (κ2) is 11.6. The van der Waals surface area contributed by atoms with Crippen LogP contribution in [0.3, 0.4) is 0 Å². The minimum atomic E-state index is -3.71. The predicted molar refractivity (Wildman–Crippen MR) is 158 cm³/mol. The lowest BCUT2D eigenvalue weighted by atomic mass is 9.98. The smallest absolute Gasteiger partial charge is 0.319 e. The van der Waals surface area contributed by atoms with Gasteiger partial charge >= 0.3 is 6.03 Å². The molecule has 2 amide bonds. The van der Waals surface area contributed by atoms with E-state index in [0.717, 1.165) is 30.8 Å². The number of nitrogens with zero attached hydrogens (tertiary/aromatic N) is 1.